The Morgan fingerprint density at radius 1 is 1.31 bits per heavy atom. The van der Waals surface area contributed by atoms with Gasteiger partial charge in [-0.05, 0) is 30.9 Å². The monoisotopic (exact) mass is 192 g/mol. The summed E-state index contributed by atoms with van der Waals surface area (Å²) in [6.07, 6.45) is 9.20. The summed E-state index contributed by atoms with van der Waals surface area (Å²) in [5, 5.41) is 1.32. The molecule has 0 radical (unpaired) electrons. The lowest BCUT2D eigenvalue weighted by Crippen LogP contribution is -2.23. The largest absolute Gasteiger partial charge is 0.468 e. The molecule has 0 amide bonds. The number of hydrogen-bond donors (Lipinski definition) is 0. The van der Waals surface area contributed by atoms with Gasteiger partial charge in [0.25, 0.3) is 0 Å². The number of allylic oxidation sites excluding steroid dienone is 1. The molecule has 1 aromatic rings. The third kappa shape index (κ3) is 1.24. The molecule has 13 heavy (non-hydrogen) atoms. The number of rotatable bonds is 1. The van der Waals surface area contributed by atoms with E-state index in [0.29, 0.717) is 11.2 Å². The predicted octanol–water partition coefficient (Wildman–Crippen LogP) is 3.40. The molecule has 0 spiro atoms. The summed E-state index contributed by atoms with van der Waals surface area (Å²) in [5.74, 6) is 1.87. The van der Waals surface area contributed by atoms with E-state index in [1.54, 1.807) is 6.26 Å². The molecule has 2 aliphatic heterocycles. The summed E-state index contributed by atoms with van der Waals surface area (Å²) in [6.45, 7) is 0. The summed E-state index contributed by atoms with van der Waals surface area (Å²) in [7, 11) is 0. The maximum absolute atomic E-state index is 5.47. The smallest absolute Gasteiger partial charge is 0.117 e. The molecule has 3 heterocycles. The Balaban J connectivity index is 1.91. The minimum Gasteiger partial charge on any atom is -0.468 e. The highest BCUT2D eigenvalue weighted by molar-refractivity contribution is 8.00. The van der Waals surface area contributed by atoms with Crippen molar-refractivity contribution in [2.75, 3.05) is 0 Å². The van der Waals surface area contributed by atoms with Crippen LogP contribution in [-0.2, 0) is 0 Å². The number of fused-ring (bicyclic) bond motifs is 2. The van der Waals surface area contributed by atoms with Crippen LogP contribution < -0.4 is 0 Å². The van der Waals surface area contributed by atoms with E-state index in [-0.39, 0.29) is 0 Å². The van der Waals surface area contributed by atoms with Crippen molar-refractivity contribution in [3.63, 3.8) is 0 Å². The minimum atomic E-state index is 0.582. The molecule has 2 heteroatoms. The van der Waals surface area contributed by atoms with Crippen molar-refractivity contribution in [1.29, 1.82) is 0 Å². The van der Waals surface area contributed by atoms with Gasteiger partial charge in [-0.15, -0.1) is 11.8 Å². The van der Waals surface area contributed by atoms with Crippen molar-refractivity contribution in [3.05, 3.63) is 36.3 Å². The van der Waals surface area contributed by atoms with Gasteiger partial charge in [0, 0.05) is 5.25 Å². The van der Waals surface area contributed by atoms with Crippen LogP contribution in [0.3, 0.4) is 0 Å². The summed E-state index contributed by atoms with van der Waals surface area (Å²) in [5.41, 5.74) is 0. The fourth-order valence-electron chi connectivity index (χ4n) is 2.20. The normalized spacial score (nSPS) is 36.8. The Morgan fingerprint density at radius 3 is 2.85 bits per heavy atom. The zero-order valence-electron chi connectivity index (χ0n) is 7.35. The maximum atomic E-state index is 5.47. The number of furan rings is 1. The molecule has 3 aliphatic rings. The molecule has 2 bridgehead atoms. The Hall–Kier alpha value is -0.630. The summed E-state index contributed by atoms with van der Waals surface area (Å²) in [4.78, 5) is 0. The van der Waals surface area contributed by atoms with E-state index in [2.05, 4.69) is 30.0 Å². The van der Waals surface area contributed by atoms with Gasteiger partial charge < -0.3 is 4.42 Å². The van der Waals surface area contributed by atoms with E-state index in [1.165, 1.54) is 12.8 Å². The van der Waals surface area contributed by atoms with Crippen molar-refractivity contribution in [2.45, 2.75) is 23.3 Å². The molecule has 3 atom stereocenters. The molecule has 68 valence electrons. The van der Waals surface area contributed by atoms with Gasteiger partial charge in [0.15, 0.2) is 0 Å². The number of thioether (sulfide) groups is 1. The van der Waals surface area contributed by atoms with Gasteiger partial charge in [0.05, 0.1) is 11.5 Å². The molecule has 1 aromatic heterocycles. The van der Waals surface area contributed by atoms with Crippen LogP contribution in [0.2, 0.25) is 0 Å². The highest BCUT2D eigenvalue weighted by Gasteiger charge is 2.34. The highest BCUT2D eigenvalue weighted by Crippen LogP contribution is 2.50. The second kappa shape index (κ2) is 2.95. The quantitative estimate of drug-likeness (QED) is 0.633. The van der Waals surface area contributed by atoms with E-state index < -0.39 is 0 Å². The fraction of sp³-hybridized carbons (Fsp3) is 0.455. The second-order valence-corrected chi connectivity index (χ2v) is 5.12. The molecule has 0 N–H and O–H groups in total. The Labute approximate surface area is 82.2 Å². The molecule has 0 saturated carbocycles. The first kappa shape index (κ1) is 7.74. The first-order valence-corrected chi connectivity index (χ1v) is 5.75. The lowest BCUT2D eigenvalue weighted by atomic mass is 9.90. The molecule has 3 unspecified atom stereocenters. The minimum absolute atomic E-state index is 0.582. The van der Waals surface area contributed by atoms with Crippen LogP contribution >= 0.6 is 11.8 Å². The molecular formula is C11H12OS. The second-order valence-electron chi connectivity index (χ2n) is 3.74. The Bertz CT molecular complexity index is 315. The van der Waals surface area contributed by atoms with Gasteiger partial charge in [-0.3, -0.25) is 0 Å². The lowest BCUT2D eigenvalue weighted by Gasteiger charge is -2.36. The standard InChI is InChI=1S/C11H12OS/c1-2-10(12-7-1)11-8-3-5-9(13-11)6-4-8/h1-3,5,7-9,11H,4,6H2. The van der Waals surface area contributed by atoms with Crippen LogP contribution in [0.5, 0.6) is 0 Å². The van der Waals surface area contributed by atoms with Crippen molar-refractivity contribution in [2.24, 2.45) is 5.92 Å². The van der Waals surface area contributed by atoms with Gasteiger partial charge in [0.1, 0.15) is 5.76 Å². The van der Waals surface area contributed by atoms with E-state index in [1.807, 2.05) is 6.07 Å². The zero-order valence-corrected chi connectivity index (χ0v) is 8.17. The molecule has 0 aromatic carbocycles. The molecule has 1 fully saturated rings. The van der Waals surface area contributed by atoms with Crippen LogP contribution in [0.1, 0.15) is 23.9 Å². The fourth-order valence-corrected chi connectivity index (χ4v) is 3.73. The van der Waals surface area contributed by atoms with E-state index >= 15 is 0 Å². The average molecular weight is 192 g/mol. The average Bonchev–Trinajstić information content (AvgIpc) is 2.72. The Morgan fingerprint density at radius 2 is 2.31 bits per heavy atom. The van der Waals surface area contributed by atoms with Gasteiger partial charge in [0.2, 0.25) is 0 Å². The number of hydrogen-bond acceptors (Lipinski definition) is 2. The SMILES string of the molecule is C1=CC2CCC1SC2c1ccco1. The highest BCUT2D eigenvalue weighted by atomic mass is 32.2. The summed E-state index contributed by atoms with van der Waals surface area (Å²) >= 11 is 2.06. The molecular weight excluding hydrogens is 180 g/mol. The first-order chi connectivity index (χ1) is 6.43. The molecule has 1 aliphatic carbocycles. The van der Waals surface area contributed by atoms with Crippen molar-refractivity contribution in [3.8, 4) is 0 Å². The van der Waals surface area contributed by atoms with Crippen molar-refractivity contribution in [1.82, 2.24) is 0 Å². The van der Waals surface area contributed by atoms with Crippen LogP contribution in [0.15, 0.2) is 35.0 Å². The summed E-state index contributed by atoms with van der Waals surface area (Å²) in [6, 6.07) is 4.09. The topological polar surface area (TPSA) is 13.1 Å². The summed E-state index contributed by atoms with van der Waals surface area (Å²) < 4.78 is 5.47. The van der Waals surface area contributed by atoms with Gasteiger partial charge in [-0.25, -0.2) is 0 Å². The van der Waals surface area contributed by atoms with Crippen molar-refractivity contribution >= 4 is 11.8 Å². The molecule has 4 rings (SSSR count). The first-order valence-electron chi connectivity index (χ1n) is 4.81. The molecule has 1 nitrogen and oxygen atoms in total. The Kier molecular flexibility index (Phi) is 1.76. The zero-order chi connectivity index (χ0) is 8.67. The van der Waals surface area contributed by atoms with E-state index in [0.717, 1.165) is 11.0 Å². The van der Waals surface area contributed by atoms with Gasteiger partial charge >= 0.3 is 0 Å². The van der Waals surface area contributed by atoms with Crippen LogP contribution in [-0.4, -0.2) is 5.25 Å². The maximum Gasteiger partial charge on any atom is 0.117 e. The molecule has 1 saturated heterocycles. The van der Waals surface area contributed by atoms with Gasteiger partial charge in [-0.1, -0.05) is 12.2 Å². The van der Waals surface area contributed by atoms with Gasteiger partial charge in [-0.2, -0.15) is 0 Å². The van der Waals surface area contributed by atoms with Crippen molar-refractivity contribution < 1.29 is 4.42 Å². The van der Waals surface area contributed by atoms with Crippen LogP contribution in [0, 0.1) is 5.92 Å². The van der Waals surface area contributed by atoms with E-state index in [4.69, 9.17) is 4.42 Å². The third-order valence-electron chi connectivity index (χ3n) is 2.89. The third-order valence-corrected chi connectivity index (χ3v) is 4.51. The van der Waals surface area contributed by atoms with E-state index in [9.17, 15) is 0 Å². The van der Waals surface area contributed by atoms with Crippen LogP contribution in [0.25, 0.3) is 0 Å². The van der Waals surface area contributed by atoms with Crippen LogP contribution in [0.4, 0.5) is 0 Å². The lowest BCUT2D eigenvalue weighted by molar-refractivity contribution is 0.431. The predicted molar refractivity (Wildman–Crippen MR) is 54.7 cm³/mol.